The van der Waals surface area contributed by atoms with Gasteiger partial charge in [0.05, 0.1) is 12.8 Å². The van der Waals surface area contributed by atoms with Crippen LogP contribution >= 0.6 is 0 Å². The molecule has 3 aromatic carbocycles. The first-order chi connectivity index (χ1) is 15.0. The van der Waals surface area contributed by atoms with Crippen molar-refractivity contribution in [1.29, 1.82) is 0 Å². The van der Waals surface area contributed by atoms with Gasteiger partial charge in [-0.1, -0.05) is 12.1 Å². The Labute approximate surface area is 183 Å². The van der Waals surface area contributed by atoms with E-state index in [1.165, 1.54) is 22.6 Å². The molecule has 0 saturated heterocycles. The fourth-order valence-electron chi connectivity index (χ4n) is 3.61. The van der Waals surface area contributed by atoms with Gasteiger partial charge >= 0.3 is 0 Å². The summed E-state index contributed by atoms with van der Waals surface area (Å²) in [7, 11) is 1.65. The molecule has 0 atom stereocenters. The molecule has 4 rings (SSSR count). The average Bonchev–Trinajstić information content (AvgIpc) is 3.07. The number of ether oxygens (including phenoxy) is 2. The predicted octanol–water partition coefficient (Wildman–Crippen LogP) is 6.95. The summed E-state index contributed by atoms with van der Waals surface area (Å²) in [5, 5.41) is 0. The van der Waals surface area contributed by atoms with E-state index in [0.29, 0.717) is 0 Å². The highest BCUT2D eigenvalue weighted by atomic mass is 16.5. The summed E-state index contributed by atoms with van der Waals surface area (Å²) in [5.41, 5.74) is 6.77. The van der Waals surface area contributed by atoms with Crippen LogP contribution in [-0.4, -0.2) is 17.9 Å². The molecule has 0 aliphatic rings. The van der Waals surface area contributed by atoms with Gasteiger partial charge in [0.25, 0.3) is 0 Å². The Morgan fingerprint density at radius 1 is 0.774 bits per heavy atom. The van der Waals surface area contributed by atoms with Crippen molar-refractivity contribution in [3.63, 3.8) is 0 Å². The minimum absolute atomic E-state index is 0.764. The maximum Gasteiger partial charge on any atom is 0.127 e. The van der Waals surface area contributed by atoms with Gasteiger partial charge in [0, 0.05) is 28.9 Å². The van der Waals surface area contributed by atoms with Crippen LogP contribution in [0.4, 0.5) is 5.69 Å². The van der Waals surface area contributed by atoms with E-state index in [2.05, 4.69) is 60.7 Å². The maximum atomic E-state index is 5.88. The maximum absolute atomic E-state index is 5.88. The summed E-state index contributed by atoms with van der Waals surface area (Å²) in [5.74, 6) is 2.33. The summed E-state index contributed by atoms with van der Waals surface area (Å²) < 4.78 is 13.3. The van der Waals surface area contributed by atoms with E-state index in [4.69, 9.17) is 9.47 Å². The number of rotatable bonds is 6. The number of aliphatic imine (C=N–C) groups is 1. The fraction of sp³-hybridized carbons (Fsp3) is 0.148. The Morgan fingerprint density at radius 3 is 2.06 bits per heavy atom. The van der Waals surface area contributed by atoms with Crippen molar-refractivity contribution in [1.82, 2.24) is 4.57 Å². The van der Waals surface area contributed by atoms with Crippen LogP contribution in [0.3, 0.4) is 0 Å². The molecule has 1 heterocycles. The standard InChI is InChI=1S/C27H26N2O2/c1-19-6-5-7-24(16-19)29-20(2)17-22(21(29)3)18-28-23-8-10-26(11-9-23)31-27-14-12-25(30-4)13-15-27/h5-18H,1-4H3. The van der Waals surface area contributed by atoms with E-state index in [0.717, 1.165) is 28.5 Å². The highest BCUT2D eigenvalue weighted by Gasteiger charge is 2.09. The highest BCUT2D eigenvalue weighted by Crippen LogP contribution is 2.26. The summed E-state index contributed by atoms with van der Waals surface area (Å²) in [6.45, 7) is 6.36. The van der Waals surface area contributed by atoms with Crippen molar-refractivity contribution in [2.45, 2.75) is 20.8 Å². The van der Waals surface area contributed by atoms with Crippen molar-refractivity contribution >= 4 is 11.9 Å². The van der Waals surface area contributed by atoms with Crippen molar-refractivity contribution in [3.05, 3.63) is 101 Å². The fourth-order valence-corrected chi connectivity index (χ4v) is 3.61. The zero-order chi connectivity index (χ0) is 21.8. The smallest absolute Gasteiger partial charge is 0.127 e. The van der Waals surface area contributed by atoms with Crippen LogP contribution < -0.4 is 9.47 Å². The van der Waals surface area contributed by atoms with Crippen LogP contribution in [0.25, 0.3) is 5.69 Å². The summed E-state index contributed by atoms with van der Waals surface area (Å²) in [6.07, 6.45) is 1.92. The molecule has 1 aromatic heterocycles. The largest absolute Gasteiger partial charge is 0.497 e. The lowest BCUT2D eigenvalue weighted by Crippen LogP contribution is -1.99. The van der Waals surface area contributed by atoms with Gasteiger partial charge in [-0.25, -0.2) is 0 Å². The van der Waals surface area contributed by atoms with Gasteiger partial charge in [0.2, 0.25) is 0 Å². The van der Waals surface area contributed by atoms with Gasteiger partial charge in [-0.3, -0.25) is 4.99 Å². The van der Waals surface area contributed by atoms with E-state index in [1.54, 1.807) is 7.11 Å². The molecule has 0 radical (unpaired) electrons. The minimum atomic E-state index is 0.764. The van der Waals surface area contributed by atoms with Crippen LogP contribution in [-0.2, 0) is 0 Å². The van der Waals surface area contributed by atoms with Gasteiger partial charge in [0.1, 0.15) is 17.2 Å². The van der Waals surface area contributed by atoms with Gasteiger partial charge < -0.3 is 14.0 Å². The van der Waals surface area contributed by atoms with Crippen LogP contribution in [0, 0.1) is 20.8 Å². The van der Waals surface area contributed by atoms with E-state index >= 15 is 0 Å². The molecule has 0 saturated carbocycles. The molecule has 156 valence electrons. The summed E-state index contributed by atoms with van der Waals surface area (Å²) in [4.78, 5) is 4.66. The first-order valence-electron chi connectivity index (χ1n) is 10.3. The third-order valence-corrected chi connectivity index (χ3v) is 5.21. The third-order valence-electron chi connectivity index (χ3n) is 5.21. The molecule has 0 spiro atoms. The van der Waals surface area contributed by atoms with Gasteiger partial charge in [0.15, 0.2) is 0 Å². The number of hydrogen-bond donors (Lipinski definition) is 0. The molecule has 4 heteroatoms. The van der Waals surface area contributed by atoms with Gasteiger partial charge in [-0.2, -0.15) is 0 Å². The Bertz CT molecular complexity index is 1200. The van der Waals surface area contributed by atoms with Crippen LogP contribution in [0.15, 0.2) is 83.9 Å². The highest BCUT2D eigenvalue weighted by molar-refractivity contribution is 5.84. The lowest BCUT2D eigenvalue weighted by atomic mass is 10.2. The van der Waals surface area contributed by atoms with Crippen LogP contribution in [0.5, 0.6) is 17.2 Å². The molecule has 0 N–H and O–H groups in total. The van der Waals surface area contributed by atoms with E-state index in [1.807, 2.05) is 54.7 Å². The average molecular weight is 411 g/mol. The Hall–Kier alpha value is -3.79. The number of methoxy groups -OCH3 is 1. The van der Waals surface area contributed by atoms with Gasteiger partial charge in [-0.15, -0.1) is 0 Å². The topological polar surface area (TPSA) is 35.8 Å². The second-order valence-corrected chi connectivity index (χ2v) is 7.53. The molecule has 0 unspecified atom stereocenters. The normalized spacial score (nSPS) is 11.1. The lowest BCUT2D eigenvalue weighted by Gasteiger charge is -2.10. The molecule has 0 amide bonds. The van der Waals surface area contributed by atoms with Crippen LogP contribution in [0.1, 0.15) is 22.5 Å². The quantitative estimate of drug-likeness (QED) is 0.322. The number of aromatic nitrogens is 1. The molecule has 0 bridgehead atoms. The molecule has 0 aliphatic carbocycles. The monoisotopic (exact) mass is 410 g/mol. The molecular weight excluding hydrogens is 384 g/mol. The van der Waals surface area contributed by atoms with Crippen LogP contribution in [0.2, 0.25) is 0 Å². The number of hydrogen-bond acceptors (Lipinski definition) is 3. The molecule has 0 aliphatic heterocycles. The van der Waals surface area contributed by atoms with Crippen molar-refractivity contribution < 1.29 is 9.47 Å². The molecule has 4 nitrogen and oxygen atoms in total. The Balaban J connectivity index is 1.49. The number of benzene rings is 3. The number of nitrogens with zero attached hydrogens (tertiary/aromatic N) is 2. The second kappa shape index (κ2) is 8.92. The number of aryl methyl sites for hydroxylation is 2. The second-order valence-electron chi connectivity index (χ2n) is 7.53. The molecule has 0 fully saturated rings. The van der Waals surface area contributed by atoms with Crippen molar-refractivity contribution in [2.24, 2.45) is 4.99 Å². The molecule has 4 aromatic rings. The van der Waals surface area contributed by atoms with E-state index in [9.17, 15) is 0 Å². The SMILES string of the molecule is COc1ccc(Oc2ccc(N=Cc3cc(C)n(-c4cccc(C)c4)c3C)cc2)cc1. The zero-order valence-corrected chi connectivity index (χ0v) is 18.3. The lowest BCUT2D eigenvalue weighted by molar-refractivity contribution is 0.413. The minimum Gasteiger partial charge on any atom is -0.497 e. The first kappa shape index (κ1) is 20.5. The predicted molar refractivity (Wildman–Crippen MR) is 127 cm³/mol. The van der Waals surface area contributed by atoms with Crippen molar-refractivity contribution in [3.8, 4) is 22.9 Å². The van der Waals surface area contributed by atoms with Crippen molar-refractivity contribution in [2.75, 3.05) is 7.11 Å². The summed E-state index contributed by atoms with van der Waals surface area (Å²) in [6, 6.07) is 26.0. The van der Waals surface area contributed by atoms with Gasteiger partial charge in [-0.05, 0) is 93.1 Å². The zero-order valence-electron chi connectivity index (χ0n) is 18.3. The third kappa shape index (κ3) is 4.69. The van der Waals surface area contributed by atoms with E-state index in [-0.39, 0.29) is 0 Å². The Kier molecular flexibility index (Phi) is 5.89. The first-order valence-corrected chi connectivity index (χ1v) is 10.3. The summed E-state index contributed by atoms with van der Waals surface area (Å²) >= 11 is 0. The molecular formula is C27H26N2O2. The Morgan fingerprint density at radius 2 is 1.42 bits per heavy atom. The van der Waals surface area contributed by atoms with E-state index < -0.39 is 0 Å². The molecule has 31 heavy (non-hydrogen) atoms.